The van der Waals surface area contributed by atoms with Gasteiger partial charge in [0, 0.05) is 12.1 Å². The van der Waals surface area contributed by atoms with E-state index < -0.39 is 0 Å². The third-order valence-corrected chi connectivity index (χ3v) is 3.41. The quantitative estimate of drug-likeness (QED) is 0.729. The summed E-state index contributed by atoms with van der Waals surface area (Å²) in [6, 6.07) is 8.37. The molecular formula is C15H23NO. The minimum Gasteiger partial charge on any atom is -0.493 e. The highest BCUT2D eigenvalue weighted by molar-refractivity contribution is 5.33. The lowest BCUT2D eigenvalue weighted by molar-refractivity contribution is 0.179. The van der Waals surface area contributed by atoms with Crippen molar-refractivity contribution in [3.8, 4) is 5.75 Å². The Bertz CT molecular complexity index is 333. The van der Waals surface area contributed by atoms with Gasteiger partial charge < -0.3 is 10.1 Å². The van der Waals surface area contributed by atoms with Crippen molar-refractivity contribution in [3.63, 3.8) is 0 Å². The van der Waals surface area contributed by atoms with Gasteiger partial charge in [0.05, 0.1) is 6.61 Å². The molecule has 1 aliphatic carbocycles. The van der Waals surface area contributed by atoms with Gasteiger partial charge in [0.1, 0.15) is 5.75 Å². The van der Waals surface area contributed by atoms with E-state index in [0.717, 1.165) is 31.4 Å². The Balaban J connectivity index is 1.85. The number of hydrogen-bond donors (Lipinski definition) is 1. The Kier molecular flexibility index (Phi) is 4.87. The summed E-state index contributed by atoms with van der Waals surface area (Å²) in [5.41, 5.74) is 1.28. The zero-order chi connectivity index (χ0) is 11.9. The van der Waals surface area contributed by atoms with Crippen molar-refractivity contribution in [2.45, 2.75) is 39.2 Å². The van der Waals surface area contributed by atoms with Gasteiger partial charge in [-0.25, -0.2) is 0 Å². The molecule has 1 saturated carbocycles. The molecule has 0 bridgehead atoms. The molecule has 94 valence electrons. The van der Waals surface area contributed by atoms with Crippen molar-refractivity contribution in [2.75, 3.05) is 13.2 Å². The van der Waals surface area contributed by atoms with Crippen LogP contribution in [0.4, 0.5) is 0 Å². The molecule has 1 aromatic carbocycles. The van der Waals surface area contributed by atoms with Gasteiger partial charge >= 0.3 is 0 Å². The molecule has 0 aliphatic heterocycles. The summed E-state index contributed by atoms with van der Waals surface area (Å²) in [6.07, 6.45) is 5.24. The summed E-state index contributed by atoms with van der Waals surface area (Å²) >= 11 is 0. The highest BCUT2D eigenvalue weighted by atomic mass is 16.5. The van der Waals surface area contributed by atoms with E-state index >= 15 is 0 Å². The van der Waals surface area contributed by atoms with E-state index in [9.17, 15) is 0 Å². The summed E-state index contributed by atoms with van der Waals surface area (Å²) in [7, 11) is 0. The Hall–Kier alpha value is -1.02. The van der Waals surface area contributed by atoms with E-state index in [0.29, 0.717) is 0 Å². The zero-order valence-corrected chi connectivity index (χ0v) is 10.7. The maximum absolute atomic E-state index is 5.93. The summed E-state index contributed by atoms with van der Waals surface area (Å²) in [6.45, 7) is 5.06. The molecule has 0 spiro atoms. The van der Waals surface area contributed by atoms with E-state index in [-0.39, 0.29) is 0 Å². The lowest BCUT2D eigenvalue weighted by atomic mass is 9.86. The molecule has 0 amide bonds. The molecule has 0 saturated heterocycles. The highest BCUT2D eigenvalue weighted by Crippen LogP contribution is 2.28. The van der Waals surface area contributed by atoms with Crippen molar-refractivity contribution in [2.24, 2.45) is 5.92 Å². The Labute approximate surface area is 104 Å². The lowest BCUT2D eigenvalue weighted by Gasteiger charge is -2.25. The Morgan fingerprint density at radius 3 is 2.82 bits per heavy atom. The monoisotopic (exact) mass is 233 g/mol. The van der Waals surface area contributed by atoms with Crippen LogP contribution in [-0.2, 0) is 6.54 Å². The van der Waals surface area contributed by atoms with Crippen LogP contribution in [0.1, 0.15) is 38.2 Å². The normalized spacial score (nSPS) is 15.6. The van der Waals surface area contributed by atoms with E-state index in [1.54, 1.807) is 0 Å². The second-order valence-corrected chi connectivity index (χ2v) is 4.89. The molecule has 0 heterocycles. The molecular weight excluding hydrogens is 210 g/mol. The molecule has 1 N–H and O–H groups in total. The number of ether oxygens (including phenoxy) is 1. The number of nitrogens with one attached hydrogen (secondary N) is 1. The van der Waals surface area contributed by atoms with Crippen molar-refractivity contribution >= 4 is 0 Å². The van der Waals surface area contributed by atoms with Gasteiger partial charge in [0.15, 0.2) is 0 Å². The summed E-state index contributed by atoms with van der Waals surface area (Å²) < 4.78 is 5.93. The average molecular weight is 233 g/mol. The molecule has 1 aromatic rings. The molecule has 0 unspecified atom stereocenters. The average Bonchev–Trinajstić information content (AvgIpc) is 2.29. The van der Waals surface area contributed by atoms with Crippen LogP contribution in [-0.4, -0.2) is 13.2 Å². The fourth-order valence-corrected chi connectivity index (χ4v) is 2.06. The van der Waals surface area contributed by atoms with Gasteiger partial charge in [-0.2, -0.15) is 0 Å². The van der Waals surface area contributed by atoms with Crippen molar-refractivity contribution < 1.29 is 4.74 Å². The SMILES string of the molecule is CCCNCc1ccccc1OCC1CCC1. The van der Waals surface area contributed by atoms with E-state index in [2.05, 4.69) is 36.5 Å². The van der Waals surface area contributed by atoms with Gasteiger partial charge in [0.2, 0.25) is 0 Å². The number of rotatable bonds is 7. The van der Waals surface area contributed by atoms with Gasteiger partial charge in [0.25, 0.3) is 0 Å². The van der Waals surface area contributed by atoms with Crippen molar-refractivity contribution in [3.05, 3.63) is 29.8 Å². The molecule has 17 heavy (non-hydrogen) atoms. The van der Waals surface area contributed by atoms with Crippen molar-refractivity contribution in [1.82, 2.24) is 5.32 Å². The van der Waals surface area contributed by atoms with Crippen LogP contribution in [0.5, 0.6) is 5.75 Å². The third kappa shape index (κ3) is 3.74. The first-order chi connectivity index (χ1) is 8.40. The van der Waals surface area contributed by atoms with Crippen LogP contribution in [0.25, 0.3) is 0 Å². The Morgan fingerprint density at radius 2 is 2.12 bits per heavy atom. The lowest BCUT2D eigenvalue weighted by Crippen LogP contribution is -2.20. The first kappa shape index (κ1) is 12.4. The van der Waals surface area contributed by atoms with Crippen LogP contribution in [0.3, 0.4) is 0 Å². The minimum atomic E-state index is 0.798. The van der Waals surface area contributed by atoms with E-state index in [1.165, 1.54) is 31.2 Å². The standard InChI is InChI=1S/C15H23NO/c1-2-10-16-11-14-8-3-4-9-15(14)17-12-13-6-5-7-13/h3-4,8-9,13,16H,2,5-7,10-12H2,1H3. The van der Waals surface area contributed by atoms with Gasteiger partial charge in [-0.15, -0.1) is 0 Å². The summed E-state index contributed by atoms with van der Waals surface area (Å²) in [5, 5.41) is 3.43. The van der Waals surface area contributed by atoms with Crippen LogP contribution in [0.2, 0.25) is 0 Å². The molecule has 1 aliphatic rings. The molecule has 0 aromatic heterocycles. The van der Waals surface area contributed by atoms with Crippen LogP contribution in [0.15, 0.2) is 24.3 Å². The van der Waals surface area contributed by atoms with Gasteiger partial charge in [-0.3, -0.25) is 0 Å². The van der Waals surface area contributed by atoms with Crippen LogP contribution in [0, 0.1) is 5.92 Å². The number of hydrogen-bond acceptors (Lipinski definition) is 2. The zero-order valence-electron chi connectivity index (χ0n) is 10.7. The molecule has 1 fully saturated rings. The summed E-state index contributed by atoms with van der Waals surface area (Å²) in [4.78, 5) is 0. The fourth-order valence-electron chi connectivity index (χ4n) is 2.06. The van der Waals surface area contributed by atoms with Crippen molar-refractivity contribution in [1.29, 1.82) is 0 Å². The molecule has 2 nitrogen and oxygen atoms in total. The molecule has 0 atom stereocenters. The second-order valence-electron chi connectivity index (χ2n) is 4.89. The smallest absolute Gasteiger partial charge is 0.123 e. The molecule has 2 rings (SSSR count). The second kappa shape index (κ2) is 6.65. The maximum Gasteiger partial charge on any atom is 0.123 e. The largest absolute Gasteiger partial charge is 0.493 e. The Morgan fingerprint density at radius 1 is 1.29 bits per heavy atom. The fraction of sp³-hybridized carbons (Fsp3) is 0.600. The molecule has 0 radical (unpaired) electrons. The minimum absolute atomic E-state index is 0.798. The number of benzene rings is 1. The van der Waals surface area contributed by atoms with Crippen LogP contribution < -0.4 is 10.1 Å². The maximum atomic E-state index is 5.93. The predicted molar refractivity (Wildman–Crippen MR) is 71.3 cm³/mol. The van der Waals surface area contributed by atoms with E-state index in [4.69, 9.17) is 4.74 Å². The first-order valence-electron chi connectivity index (χ1n) is 6.81. The topological polar surface area (TPSA) is 21.3 Å². The molecule has 2 heteroatoms. The third-order valence-electron chi connectivity index (χ3n) is 3.41. The summed E-state index contributed by atoms with van der Waals surface area (Å²) in [5.74, 6) is 1.86. The highest BCUT2D eigenvalue weighted by Gasteiger charge is 2.18. The van der Waals surface area contributed by atoms with Gasteiger partial charge in [-0.1, -0.05) is 31.5 Å². The predicted octanol–water partition coefficient (Wildman–Crippen LogP) is 3.37. The van der Waals surface area contributed by atoms with Crippen LogP contribution >= 0.6 is 0 Å². The number of para-hydroxylation sites is 1. The van der Waals surface area contributed by atoms with Gasteiger partial charge in [-0.05, 0) is 37.8 Å². The first-order valence-corrected chi connectivity index (χ1v) is 6.81. The van der Waals surface area contributed by atoms with E-state index in [1.807, 2.05) is 0 Å².